The van der Waals surface area contributed by atoms with Gasteiger partial charge >= 0.3 is 0 Å². The Hall–Kier alpha value is -2.01. The van der Waals surface area contributed by atoms with E-state index in [1.165, 1.54) is 0 Å². The number of aryl methyl sites for hydroxylation is 2. The van der Waals surface area contributed by atoms with E-state index in [9.17, 15) is 0 Å². The SMILES string of the molecule is COCC(Nc1nc(C)cc(C)n1)c1ccccn1. The van der Waals surface area contributed by atoms with Crippen LogP contribution in [0.25, 0.3) is 0 Å². The number of anilines is 1. The first-order valence-corrected chi connectivity index (χ1v) is 6.17. The normalized spacial score (nSPS) is 12.2. The quantitative estimate of drug-likeness (QED) is 0.891. The Morgan fingerprint density at radius 2 is 1.95 bits per heavy atom. The monoisotopic (exact) mass is 258 g/mol. The summed E-state index contributed by atoms with van der Waals surface area (Å²) in [5.41, 5.74) is 2.78. The number of nitrogens with one attached hydrogen (secondary N) is 1. The first-order chi connectivity index (χ1) is 9.19. The Labute approximate surface area is 113 Å². The third-order valence-electron chi connectivity index (χ3n) is 2.66. The van der Waals surface area contributed by atoms with Crippen molar-refractivity contribution in [3.05, 3.63) is 47.5 Å². The van der Waals surface area contributed by atoms with Crippen molar-refractivity contribution in [1.82, 2.24) is 15.0 Å². The number of nitrogens with zero attached hydrogens (tertiary/aromatic N) is 3. The number of aromatic nitrogens is 3. The second-order valence-electron chi connectivity index (χ2n) is 4.38. The molecule has 0 saturated carbocycles. The van der Waals surface area contributed by atoms with E-state index < -0.39 is 0 Å². The lowest BCUT2D eigenvalue weighted by Crippen LogP contribution is -2.19. The molecule has 1 unspecified atom stereocenters. The molecule has 0 radical (unpaired) electrons. The molecule has 0 fully saturated rings. The lowest BCUT2D eigenvalue weighted by Gasteiger charge is -2.17. The summed E-state index contributed by atoms with van der Waals surface area (Å²) < 4.78 is 5.23. The molecule has 1 atom stereocenters. The molecular weight excluding hydrogens is 240 g/mol. The highest BCUT2D eigenvalue weighted by Gasteiger charge is 2.14. The molecule has 0 saturated heterocycles. The van der Waals surface area contributed by atoms with Crippen molar-refractivity contribution in [2.24, 2.45) is 0 Å². The minimum atomic E-state index is -0.0626. The zero-order valence-corrected chi connectivity index (χ0v) is 11.4. The molecular formula is C14H18N4O. The van der Waals surface area contributed by atoms with Gasteiger partial charge in [-0.3, -0.25) is 4.98 Å². The average molecular weight is 258 g/mol. The zero-order valence-electron chi connectivity index (χ0n) is 11.4. The molecule has 0 bridgehead atoms. The van der Waals surface area contributed by atoms with Gasteiger partial charge in [0.2, 0.25) is 5.95 Å². The summed E-state index contributed by atoms with van der Waals surface area (Å²) in [7, 11) is 1.67. The summed E-state index contributed by atoms with van der Waals surface area (Å²) in [6.45, 7) is 4.41. The van der Waals surface area contributed by atoms with Crippen molar-refractivity contribution >= 4 is 5.95 Å². The van der Waals surface area contributed by atoms with Gasteiger partial charge in [0.25, 0.3) is 0 Å². The van der Waals surface area contributed by atoms with Crippen LogP contribution in [0.5, 0.6) is 0 Å². The van der Waals surface area contributed by atoms with Gasteiger partial charge in [-0.25, -0.2) is 9.97 Å². The minimum absolute atomic E-state index is 0.0626. The largest absolute Gasteiger partial charge is 0.382 e. The molecule has 2 rings (SSSR count). The van der Waals surface area contributed by atoms with E-state index in [0.29, 0.717) is 12.6 Å². The van der Waals surface area contributed by atoms with E-state index in [1.807, 2.05) is 38.1 Å². The van der Waals surface area contributed by atoms with Crippen molar-refractivity contribution in [3.63, 3.8) is 0 Å². The molecule has 2 aromatic rings. The third-order valence-corrected chi connectivity index (χ3v) is 2.66. The molecule has 0 amide bonds. The predicted octanol–water partition coefficient (Wildman–Crippen LogP) is 2.29. The highest BCUT2D eigenvalue weighted by Crippen LogP contribution is 2.16. The van der Waals surface area contributed by atoms with Gasteiger partial charge in [0.15, 0.2) is 0 Å². The Morgan fingerprint density at radius 1 is 1.21 bits per heavy atom. The predicted molar refractivity (Wildman–Crippen MR) is 74.0 cm³/mol. The maximum absolute atomic E-state index is 5.23. The van der Waals surface area contributed by atoms with E-state index in [4.69, 9.17) is 4.74 Å². The summed E-state index contributed by atoms with van der Waals surface area (Å²) in [6, 6.07) is 7.68. The number of rotatable bonds is 5. The molecule has 2 aromatic heterocycles. The van der Waals surface area contributed by atoms with E-state index in [-0.39, 0.29) is 6.04 Å². The summed E-state index contributed by atoms with van der Waals surface area (Å²) >= 11 is 0. The van der Waals surface area contributed by atoms with Crippen LogP contribution < -0.4 is 5.32 Å². The molecule has 5 nitrogen and oxygen atoms in total. The van der Waals surface area contributed by atoms with Crippen LogP contribution in [0.3, 0.4) is 0 Å². The fraction of sp³-hybridized carbons (Fsp3) is 0.357. The fourth-order valence-corrected chi connectivity index (χ4v) is 1.90. The molecule has 19 heavy (non-hydrogen) atoms. The molecule has 0 aliphatic heterocycles. The number of hydrogen-bond donors (Lipinski definition) is 1. The van der Waals surface area contributed by atoms with Gasteiger partial charge in [0.05, 0.1) is 18.3 Å². The summed E-state index contributed by atoms with van der Waals surface area (Å²) in [6.07, 6.45) is 1.77. The lowest BCUT2D eigenvalue weighted by atomic mass is 10.2. The second kappa shape index (κ2) is 6.24. The number of ether oxygens (including phenoxy) is 1. The zero-order chi connectivity index (χ0) is 13.7. The van der Waals surface area contributed by atoms with Crippen LogP contribution >= 0.6 is 0 Å². The molecule has 0 aromatic carbocycles. The van der Waals surface area contributed by atoms with Gasteiger partial charge in [-0.1, -0.05) is 6.07 Å². The van der Waals surface area contributed by atoms with Gasteiger partial charge in [-0.2, -0.15) is 0 Å². The first kappa shape index (κ1) is 13.4. The summed E-state index contributed by atoms with van der Waals surface area (Å²) in [5.74, 6) is 0.602. The van der Waals surface area contributed by atoms with Crippen molar-refractivity contribution < 1.29 is 4.74 Å². The molecule has 100 valence electrons. The van der Waals surface area contributed by atoms with E-state index >= 15 is 0 Å². The van der Waals surface area contributed by atoms with Gasteiger partial charge < -0.3 is 10.1 Å². The molecule has 0 aliphatic rings. The van der Waals surface area contributed by atoms with Crippen LogP contribution in [-0.4, -0.2) is 28.7 Å². The molecule has 2 heterocycles. The van der Waals surface area contributed by atoms with Gasteiger partial charge in [-0.05, 0) is 32.0 Å². The molecule has 0 aliphatic carbocycles. The Bertz CT molecular complexity index is 510. The summed E-state index contributed by atoms with van der Waals surface area (Å²) in [4.78, 5) is 13.1. The first-order valence-electron chi connectivity index (χ1n) is 6.17. The smallest absolute Gasteiger partial charge is 0.223 e. The maximum Gasteiger partial charge on any atom is 0.223 e. The van der Waals surface area contributed by atoms with Gasteiger partial charge in [-0.15, -0.1) is 0 Å². The molecule has 1 N–H and O–H groups in total. The summed E-state index contributed by atoms with van der Waals surface area (Å²) in [5, 5.41) is 3.27. The van der Waals surface area contributed by atoms with Crippen LogP contribution in [0.2, 0.25) is 0 Å². The Balaban J connectivity index is 2.21. The second-order valence-corrected chi connectivity index (χ2v) is 4.38. The van der Waals surface area contributed by atoms with Crippen LogP contribution in [0.4, 0.5) is 5.95 Å². The van der Waals surface area contributed by atoms with Crippen molar-refractivity contribution in [2.75, 3.05) is 19.0 Å². The molecule has 5 heteroatoms. The van der Waals surface area contributed by atoms with Gasteiger partial charge in [0, 0.05) is 24.7 Å². The number of pyridine rings is 1. The standard InChI is InChI=1S/C14H18N4O/c1-10-8-11(2)17-14(16-10)18-13(9-19-3)12-6-4-5-7-15-12/h4-8,13H,9H2,1-3H3,(H,16,17,18). The van der Waals surface area contributed by atoms with E-state index in [0.717, 1.165) is 17.1 Å². The van der Waals surface area contributed by atoms with Crippen molar-refractivity contribution in [1.29, 1.82) is 0 Å². The lowest BCUT2D eigenvalue weighted by molar-refractivity contribution is 0.185. The Morgan fingerprint density at radius 3 is 2.53 bits per heavy atom. The fourth-order valence-electron chi connectivity index (χ4n) is 1.90. The van der Waals surface area contributed by atoms with Crippen LogP contribution in [0, 0.1) is 13.8 Å². The third kappa shape index (κ3) is 3.72. The topological polar surface area (TPSA) is 59.9 Å². The number of methoxy groups -OCH3 is 1. The highest BCUT2D eigenvalue weighted by molar-refractivity contribution is 5.31. The maximum atomic E-state index is 5.23. The van der Waals surface area contributed by atoms with E-state index in [2.05, 4.69) is 20.3 Å². The van der Waals surface area contributed by atoms with Crippen molar-refractivity contribution in [3.8, 4) is 0 Å². The minimum Gasteiger partial charge on any atom is -0.382 e. The van der Waals surface area contributed by atoms with Crippen LogP contribution in [0.1, 0.15) is 23.1 Å². The van der Waals surface area contributed by atoms with Gasteiger partial charge in [0.1, 0.15) is 0 Å². The average Bonchev–Trinajstić information content (AvgIpc) is 2.38. The van der Waals surface area contributed by atoms with Crippen LogP contribution in [0.15, 0.2) is 30.5 Å². The molecule has 0 spiro atoms. The number of hydrogen-bond acceptors (Lipinski definition) is 5. The van der Waals surface area contributed by atoms with Crippen molar-refractivity contribution in [2.45, 2.75) is 19.9 Å². The van der Waals surface area contributed by atoms with E-state index in [1.54, 1.807) is 13.3 Å². The van der Waals surface area contributed by atoms with Crippen LogP contribution in [-0.2, 0) is 4.74 Å². The highest BCUT2D eigenvalue weighted by atomic mass is 16.5. The Kier molecular flexibility index (Phi) is 4.41.